The minimum atomic E-state index is 0.410. The van der Waals surface area contributed by atoms with E-state index in [1.807, 2.05) is 32.2 Å². The minimum Gasteiger partial charge on any atom is -0.342 e. The van der Waals surface area contributed by atoms with Crippen LogP contribution < -0.4 is 0 Å². The quantitative estimate of drug-likeness (QED) is 0.494. The summed E-state index contributed by atoms with van der Waals surface area (Å²) in [5, 5.41) is 0. The van der Waals surface area contributed by atoms with Crippen molar-refractivity contribution in [3.63, 3.8) is 0 Å². The number of likely N-dealkylation sites (N-methyl/N-ethyl adjacent to an activating group) is 1. The molecule has 1 aromatic heterocycles. The van der Waals surface area contributed by atoms with E-state index in [4.69, 9.17) is 4.99 Å². The summed E-state index contributed by atoms with van der Waals surface area (Å²) in [4.78, 5) is 13.6. The van der Waals surface area contributed by atoms with Crippen LogP contribution in [0.25, 0.3) is 5.70 Å². The van der Waals surface area contributed by atoms with Crippen molar-refractivity contribution in [2.45, 2.75) is 40.0 Å². The van der Waals surface area contributed by atoms with Crippen LogP contribution in [0.4, 0.5) is 0 Å². The third-order valence-corrected chi connectivity index (χ3v) is 6.43. The first-order valence-corrected chi connectivity index (χ1v) is 11.4. The van der Waals surface area contributed by atoms with Gasteiger partial charge in [0, 0.05) is 49.7 Å². The summed E-state index contributed by atoms with van der Waals surface area (Å²) in [5.74, 6) is 1.37. The number of piperidine rings is 1. The summed E-state index contributed by atoms with van der Waals surface area (Å²) >= 11 is 0. The SMILES string of the molecule is C=C(C)/C(C)=C\C=C(/CC)C(=C)C1CCCN(C2=NC(c3ccncc3)=CC(=C)N2C)C1. The molecular weight excluding hydrogens is 392 g/mol. The Hall–Kier alpha value is -3.14. The van der Waals surface area contributed by atoms with Crippen LogP contribution in [-0.4, -0.2) is 40.9 Å². The van der Waals surface area contributed by atoms with E-state index in [0.29, 0.717) is 5.92 Å². The number of allylic oxidation sites excluding steroid dienone is 6. The predicted octanol–water partition coefficient (Wildman–Crippen LogP) is 6.36. The molecular formula is C28H36N4. The summed E-state index contributed by atoms with van der Waals surface area (Å²) < 4.78 is 0. The predicted molar refractivity (Wildman–Crippen MR) is 137 cm³/mol. The van der Waals surface area contributed by atoms with Crippen LogP contribution in [0.3, 0.4) is 0 Å². The summed E-state index contributed by atoms with van der Waals surface area (Å²) in [5.41, 5.74) is 7.80. The van der Waals surface area contributed by atoms with Gasteiger partial charge in [-0.1, -0.05) is 44.4 Å². The van der Waals surface area contributed by atoms with Gasteiger partial charge in [0.05, 0.1) is 5.70 Å². The van der Waals surface area contributed by atoms with Crippen molar-refractivity contribution < 1.29 is 0 Å². The van der Waals surface area contributed by atoms with Crippen LogP contribution in [0.15, 0.2) is 95.5 Å². The molecule has 3 rings (SSSR count). The van der Waals surface area contributed by atoms with Gasteiger partial charge in [-0.25, -0.2) is 4.99 Å². The van der Waals surface area contributed by atoms with Crippen molar-refractivity contribution in [3.05, 3.63) is 96.0 Å². The highest BCUT2D eigenvalue weighted by Crippen LogP contribution is 2.31. The van der Waals surface area contributed by atoms with E-state index in [1.54, 1.807) is 12.4 Å². The Morgan fingerprint density at radius 2 is 1.91 bits per heavy atom. The molecule has 1 unspecified atom stereocenters. The summed E-state index contributed by atoms with van der Waals surface area (Å²) in [6, 6.07) is 3.98. The summed E-state index contributed by atoms with van der Waals surface area (Å²) in [6.45, 7) is 21.1. The van der Waals surface area contributed by atoms with Gasteiger partial charge in [-0.2, -0.15) is 0 Å². The molecule has 1 atom stereocenters. The number of rotatable bonds is 6. The van der Waals surface area contributed by atoms with Gasteiger partial charge in [0.2, 0.25) is 5.96 Å². The van der Waals surface area contributed by atoms with Gasteiger partial charge >= 0.3 is 0 Å². The lowest BCUT2D eigenvalue weighted by Gasteiger charge is -2.40. The van der Waals surface area contributed by atoms with Crippen LogP contribution >= 0.6 is 0 Å². The molecule has 0 saturated carbocycles. The zero-order valence-electron chi connectivity index (χ0n) is 20.1. The molecule has 0 aliphatic carbocycles. The fourth-order valence-electron chi connectivity index (χ4n) is 4.08. The van der Waals surface area contributed by atoms with Gasteiger partial charge in [0.15, 0.2) is 0 Å². The fraction of sp³-hybridized carbons (Fsp3) is 0.357. The highest BCUT2D eigenvalue weighted by atomic mass is 15.4. The smallest absolute Gasteiger partial charge is 0.206 e. The monoisotopic (exact) mass is 428 g/mol. The average Bonchev–Trinajstić information content (AvgIpc) is 2.81. The lowest BCUT2D eigenvalue weighted by Crippen LogP contribution is -2.47. The number of hydrogen-bond acceptors (Lipinski definition) is 4. The number of aliphatic imine (C=N–C) groups is 1. The molecule has 2 aliphatic rings. The van der Waals surface area contributed by atoms with E-state index in [9.17, 15) is 0 Å². The molecule has 1 fully saturated rings. The molecule has 1 aromatic rings. The number of nitrogens with zero attached hydrogens (tertiary/aromatic N) is 4. The van der Waals surface area contributed by atoms with Crippen molar-refractivity contribution in [2.24, 2.45) is 10.9 Å². The standard InChI is InChI=1S/C28H36N4/c1-8-24(12-11-21(4)20(2)3)23(6)26-10-9-17-32(19-26)28-30-27(18-22(5)31(28)7)25-13-15-29-16-14-25/h11-16,18,26H,2,5-6,8-10,17,19H2,1,3-4,7H3/b21-11-,24-12+. The van der Waals surface area contributed by atoms with Gasteiger partial charge in [0.25, 0.3) is 0 Å². The number of hydrogen-bond donors (Lipinski definition) is 0. The van der Waals surface area contributed by atoms with E-state index >= 15 is 0 Å². The highest BCUT2D eigenvalue weighted by Gasteiger charge is 2.29. The van der Waals surface area contributed by atoms with Crippen LogP contribution in [0.2, 0.25) is 0 Å². The molecule has 4 nitrogen and oxygen atoms in total. The van der Waals surface area contributed by atoms with Crippen molar-refractivity contribution in [1.82, 2.24) is 14.8 Å². The van der Waals surface area contributed by atoms with E-state index in [2.05, 4.69) is 60.5 Å². The Labute approximate surface area is 193 Å². The zero-order valence-corrected chi connectivity index (χ0v) is 20.1. The lowest BCUT2D eigenvalue weighted by atomic mass is 9.85. The van der Waals surface area contributed by atoms with Gasteiger partial charge in [0.1, 0.15) is 0 Å². The van der Waals surface area contributed by atoms with Crippen LogP contribution in [0.5, 0.6) is 0 Å². The fourth-order valence-corrected chi connectivity index (χ4v) is 4.08. The topological polar surface area (TPSA) is 31.7 Å². The summed E-state index contributed by atoms with van der Waals surface area (Å²) in [7, 11) is 2.04. The molecule has 0 spiro atoms. The molecule has 4 heteroatoms. The number of pyridine rings is 1. The maximum atomic E-state index is 5.02. The lowest BCUT2D eigenvalue weighted by molar-refractivity contribution is 0.264. The average molecular weight is 429 g/mol. The van der Waals surface area contributed by atoms with Crippen LogP contribution in [0, 0.1) is 5.92 Å². The van der Waals surface area contributed by atoms with E-state index in [0.717, 1.165) is 60.8 Å². The van der Waals surface area contributed by atoms with Gasteiger partial charge in [-0.05, 0) is 68.0 Å². The molecule has 0 bridgehead atoms. The number of aromatic nitrogens is 1. The Kier molecular flexibility index (Phi) is 7.68. The molecule has 32 heavy (non-hydrogen) atoms. The molecule has 168 valence electrons. The molecule has 0 N–H and O–H groups in total. The first-order chi connectivity index (χ1) is 15.3. The second-order valence-corrected chi connectivity index (χ2v) is 8.71. The Morgan fingerprint density at radius 3 is 2.56 bits per heavy atom. The third kappa shape index (κ3) is 5.37. The van der Waals surface area contributed by atoms with Crippen molar-refractivity contribution in [1.29, 1.82) is 0 Å². The largest absolute Gasteiger partial charge is 0.342 e. The minimum absolute atomic E-state index is 0.410. The second kappa shape index (κ2) is 10.4. The van der Waals surface area contributed by atoms with Gasteiger partial charge in [-0.15, -0.1) is 0 Å². The molecule has 3 heterocycles. The van der Waals surface area contributed by atoms with Crippen LogP contribution in [0.1, 0.15) is 45.6 Å². The maximum absolute atomic E-state index is 5.02. The first-order valence-electron chi connectivity index (χ1n) is 11.4. The van der Waals surface area contributed by atoms with E-state index in [-0.39, 0.29) is 0 Å². The van der Waals surface area contributed by atoms with Gasteiger partial charge in [-0.3, -0.25) is 4.98 Å². The van der Waals surface area contributed by atoms with Crippen LogP contribution in [-0.2, 0) is 0 Å². The number of guanidine groups is 1. The van der Waals surface area contributed by atoms with Crippen molar-refractivity contribution in [2.75, 3.05) is 20.1 Å². The zero-order chi connectivity index (χ0) is 23.3. The highest BCUT2D eigenvalue weighted by molar-refractivity contribution is 5.91. The first kappa shape index (κ1) is 23.5. The maximum Gasteiger partial charge on any atom is 0.206 e. The van der Waals surface area contributed by atoms with Crippen molar-refractivity contribution in [3.8, 4) is 0 Å². The molecule has 0 amide bonds. The Morgan fingerprint density at radius 1 is 1.19 bits per heavy atom. The Balaban J connectivity index is 1.82. The summed E-state index contributed by atoms with van der Waals surface area (Å²) in [6.07, 6.45) is 13.3. The molecule has 2 aliphatic heterocycles. The number of likely N-dealkylation sites (tertiary alicyclic amines) is 1. The molecule has 0 aromatic carbocycles. The molecule has 1 saturated heterocycles. The molecule has 0 radical (unpaired) electrons. The van der Waals surface area contributed by atoms with Gasteiger partial charge < -0.3 is 9.80 Å². The Bertz CT molecular complexity index is 1010. The van der Waals surface area contributed by atoms with E-state index < -0.39 is 0 Å². The normalized spacial score (nSPS) is 20.1. The third-order valence-electron chi connectivity index (χ3n) is 6.43. The van der Waals surface area contributed by atoms with E-state index in [1.165, 1.54) is 16.7 Å². The van der Waals surface area contributed by atoms with Crippen molar-refractivity contribution >= 4 is 11.7 Å². The second-order valence-electron chi connectivity index (χ2n) is 8.71.